The summed E-state index contributed by atoms with van der Waals surface area (Å²) in [7, 11) is 0. The number of benzene rings is 2. The Morgan fingerprint density at radius 3 is 2.36 bits per heavy atom. The fourth-order valence-electron chi connectivity index (χ4n) is 2.05. The van der Waals surface area contributed by atoms with Crippen LogP contribution >= 0.6 is 0 Å². The van der Waals surface area contributed by atoms with Gasteiger partial charge in [-0.2, -0.15) is 5.26 Å². The van der Waals surface area contributed by atoms with E-state index in [1.54, 1.807) is 54.0 Å². The van der Waals surface area contributed by atoms with Gasteiger partial charge in [-0.15, -0.1) is 0 Å². The Kier molecular flexibility index (Phi) is 5.98. The number of rotatable bonds is 4. The van der Waals surface area contributed by atoms with Gasteiger partial charge < -0.3 is 5.32 Å². The van der Waals surface area contributed by atoms with Crippen molar-refractivity contribution in [1.82, 2.24) is 5.48 Å². The standard InChI is InChI=1S/C18H16N4O3/c1-12(14-4-6-15(7-5-14)17(23)22-25)11-20-18(24)21-16-8-2-13(10-19)3-9-16/h2-9,11-12,25H,1H3,(H,21,24)(H,22,23). The van der Waals surface area contributed by atoms with Crippen LogP contribution in [0.4, 0.5) is 10.5 Å². The molecule has 0 fully saturated rings. The van der Waals surface area contributed by atoms with E-state index in [4.69, 9.17) is 10.5 Å². The van der Waals surface area contributed by atoms with Gasteiger partial charge in [-0.05, 0) is 42.0 Å². The lowest BCUT2D eigenvalue weighted by Gasteiger charge is -2.07. The Balaban J connectivity index is 1.96. The molecule has 0 aliphatic carbocycles. The molecule has 0 aliphatic rings. The van der Waals surface area contributed by atoms with Gasteiger partial charge in [0.2, 0.25) is 0 Å². The molecule has 0 heterocycles. The van der Waals surface area contributed by atoms with Crippen molar-refractivity contribution in [2.24, 2.45) is 4.99 Å². The van der Waals surface area contributed by atoms with E-state index in [0.717, 1.165) is 5.56 Å². The minimum absolute atomic E-state index is 0.141. The predicted octanol–water partition coefficient (Wildman–Crippen LogP) is 3.08. The Morgan fingerprint density at radius 2 is 1.80 bits per heavy atom. The largest absolute Gasteiger partial charge is 0.345 e. The van der Waals surface area contributed by atoms with Crippen molar-refractivity contribution in [3.63, 3.8) is 0 Å². The lowest BCUT2D eigenvalue weighted by Crippen LogP contribution is -2.18. The highest BCUT2D eigenvalue weighted by Gasteiger charge is 2.07. The van der Waals surface area contributed by atoms with Gasteiger partial charge in [0.1, 0.15) is 0 Å². The lowest BCUT2D eigenvalue weighted by atomic mass is 10.0. The van der Waals surface area contributed by atoms with Crippen LogP contribution in [0, 0.1) is 11.3 Å². The predicted molar refractivity (Wildman–Crippen MR) is 92.8 cm³/mol. The number of hydroxylamine groups is 1. The Hall–Kier alpha value is -3.50. The van der Waals surface area contributed by atoms with Gasteiger partial charge in [-0.25, -0.2) is 15.3 Å². The third-order valence-corrected chi connectivity index (χ3v) is 3.48. The number of nitrogens with zero attached hydrogens (tertiary/aromatic N) is 2. The maximum absolute atomic E-state index is 11.8. The van der Waals surface area contributed by atoms with Gasteiger partial charge in [-0.1, -0.05) is 19.1 Å². The van der Waals surface area contributed by atoms with E-state index < -0.39 is 11.9 Å². The fourth-order valence-corrected chi connectivity index (χ4v) is 2.05. The zero-order chi connectivity index (χ0) is 18.2. The molecule has 1 atom stereocenters. The van der Waals surface area contributed by atoms with Crippen molar-refractivity contribution in [2.75, 3.05) is 5.32 Å². The third-order valence-electron chi connectivity index (χ3n) is 3.48. The molecule has 2 rings (SSSR count). The molecule has 0 aromatic heterocycles. The molecular formula is C18H16N4O3. The van der Waals surface area contributed by atoms with Crippen molar-refractivity contribution >= 4 is 23.8 Å². The number of carbonyl (C=O) groups is 2. The molecule has 0 bridgehead atoms. The fraction of sp³-hybridized carbons (Fsp3) is 0.111. The smallest absolute Gasteiger partial charge is 0.306 e. The maximum Gasteiger partial charge on any atom is 0.345 e. The zero-order valence-electron chi connectivity index (χ0n) is 13.4. The molecule has 2 aromatic carbocycles. The van der Waals surface area contributed by atoms with E-state index in [9.17, 15) is 9.59 Å². The van der Waals surface area contributed by atoms with Crippen molar-refractivity contribution in [2.45, 2.75) is 12.8 Å². The number of amides is 3. The molecule has 3 N–H and O–H groups in total. The average Bonchev–Trinajstić information content (AvgIpc) is 2.66. The second-order valence-electron chi connectivity index (χ2n) is 5.25. The van der Waals surface area contributed by atoms with Crippen LogP contribution in [0.25, 0.3) is 0 Å². The molecule has 1 unspecified atom stereocenters. The van der Waals surface area contributed by atoms with Gasteiger partial charge in [0.25, 0.3) is 5.91 Å². The number of nitriles is 1. The van der Waals surface area contributed by atoms with Crippen molar-refractivity contribution in [3.05, 3.63) is 65.2 Å². The van der Waals surface area contributed by atoms with Crippen LogP contribution in [-0.4, -0.2) is 23.4 Å². The number of anilines is 1. The summed E-state index contributed by atoms with van der Waals surface area (Å²) >= 11 is 0. The number of urea groups is 1. The second-order valence-corrected chi connectivity index (χ2v) is 5.25. The molecule has 0 radical (unpaired) electrons. The van der Waals surface area contributed by atoms with Crippen LogP contribution in [0.15, 0.2) is 53.5 Å². The summed E-state index contributed by atoms with van der Waals surface area (Å²) in [6, 6.07) is 14.5. The number of hydrogen-bond acceptors (Lipinski definition) is 4. The first kappa shape index (κ1) is 17.8. The van der Waals surface area contributed by atoms with Crippen LogP contribution < -0.4 is 10.8 Å². The molecule has 0 saturated carbocycles. The topological polar surface area (TPSA) is 115 Å². The van der Waals surface area contributed by atoms with Gasteiger partial charge in [0.15, 0.2) is 0 Å². The summed E-state index contributed by atoms with van der Waals surface area (Å²) in [6.07, 6.45) is 1.50. The molecule has 2 aromatic rings. The minimum atomic E-state index is -0.588. The molecule has 0 saturated heterocycles. The summed E-state index contributed by atoms with van der Waals surface area (Å²) < 4.78 is 0. The Labute approximate surface area is 144 Å². The highest BCUT2D eigenvalue weighted by molar-refractivity contribution is 5.95. The van der Waals surface area contributed by atoms with Gasteiger partial charge in [0, 0.05) is 23.4 Å². The van der Waals surface area contributed by atoms with E-state index in [-0.39, 0.29) is 5.92 Å². The van der Waals surface area contributed by atoms with Gasteiger partial charge in [-0.3, -0.25) is 10.0 Å². The average molecular weight is 336 g/mol. The summed E-state index contributed by atoms with van der Waals surface area (Å²) in [4.78, 5) is 26.9. The molecule has 7 nitrogen and oxygen atoms in total. The van der Waals surface area contributed by atoms with E-state index in [2.05, 4.69) is 10.3 Å². The van der Waals surface area contributed by atoms with Crippen molar-refractivity contribution < 1.29 is 14.8 Å². The molecule has 126 valence electrons. The quantitative estimate of drug-likeness (QED) is 0.452. The van der Waals surface area contributed by atoms with Crippen molar-refractivity contribution in [1.29, 1.82) is 5.26 Å². The molecular weight excluding hydrogens is 320 g/mol. The van der Waals surface area contributed by atoms with E-state index >= 15 is 0 Å². The first-order valence-electron chi connectivity index (χ1n) is 7.43. The number of aliphatic imine (C=N–C) groups is 1. The minimum Gasteiger partial charge on any atom is -0.306 e. The van der Waals surface area contributed by atoms with Crippen LogP contribution in [-0.2, 0) is 0 Å². The van der Waals surface area contributed by atoms with Crippen LogP contribution in [0.5, 0.6) is 0 Å². The molecule has 7 heteroatoms. The Bertz CT molecular complexity index is 821. The monoisotopic (exact) mass is 336 g/mol. The SMILES string of the molecule is CC(C=NC(=O)Nc1ccc(C#N)cc1)c1ccc(C(=O)NO)cc1. The summed E-state index contributed by atoms with van der Waals surface area (Å²) in [5.74, 6) is -0.729. The van der Waals surface area contributed by atoms with Crippen LogP contribution in [0.1, 0.15) is 34.3 Å². The van der Waals surface area contributed by atoms with Crippen LogP contribution in [0.3, 0.4) is 0 Å². The lowest BCUT2D eigenvalue weighted by molar-refractivity contribution is 0.0706. The van der Waals surface area contributed by atoms with E-state index in [1.807, 2.05) is 13.0 Å². The molecule has 0 spiro atoms. The zero-order valence-corrected chi connectivity index (χ0v) is 13.4. The molecule has 25 heavy (non-hydrogen) atoms. The third kappa shape index (κ3) is 4.99. The summed E-state index contributed by atoms with van der Waals surface area (Å²) in [5.41, 5.74) is 3.81. The van der Waals surface area contributed by atoms with Gasteiger partial charge in [0.05, 0.1) is 11.6 Å². The van der Waals surface area contributed by atoms with E-state index in [0.29, 0.717) is 16.8 Å². The maximum atomic E-state index is 11.8. The van der Waals surface area contributed by atoms with Gasteiger partial charge >= 0.3 is 6.03 Å². The van der Waals surface area contributed by atoms with E-state index in [1.165, 1.54) is 6.21 Å². The first-order chi connectivity index (χ1) is 12.0. The Morgan fingerprint density at radius 1 is 1.16 bits per heavy atom. The highest BCUT2D eigenvalue weighted by atomic mass is 16.5. The molecule has 0 aliphatic heterocycles. The normalized spacial score (nSPS) is 11.6. The number of hydrogen-bond donors (Lipinski definition) is 3. The number of carbonyl (C=O) groups excluding carboxylic acids is 2. The van der Waals surface area contributed by atoms with Crippen LogP contribution in [0.2, 0.25) is 0 Å². The first-order valence-corrected chi connectivity index (χ1v) is 7.43. The summed E-state index contributed by atoms with van der Waals surface area (Å²) in [5, 5.41) is 19.9. The summed E-state index contributed by atoms with van der Waals surface area (Å²) in [6.45, 7) is 1.86. The van der Waals surface area contributed by atoms with Crippen molar-refractivity contribution in [3.8, 4) is 6.07 Å². The highest BCUT2D eigenvalue weighted by Crippen LogP contribution is 2.15. The number of nitrogens with one attached hydrogen (secondary N) is 2. The second kappa shape index (κ2) is 8.38. The molecule has 3 amide bonds.